The van der Waals surface area contributed by atoms with Gasteiger partial charge in [-0.05, 0) is 139 Å². The number of amides is 2. The van der Waals surface area contributed by atoms with E-state index in [9.17, 15) is 14.4 Å². The Bertz CT molecular complexity index is 1720. The fourth-order valence-electron chi connectivity index (χ4n) is 5.38. The molecule has 2 saturated heterocycles. The molecule has 2 aliphatic rings. The van der Waals surface area contributed by atoms with Gasteiger partial charge in [-0.2, -0.15) is 13.5 Å². The summed E-state index contributed by atoms with van der Waals surface area (Å²) in [5.74, 6) is 2.65. The predicted octanol–water partition coefficient (Wildman–Crippen LogP) is 10.5. The van der Waals surface area contributed by atoms with E-state index in [0.29, 0.717) is 18.5 Å². The number of hydrogen-bond donors (Lipinski definition) is 2. The molecule has 1 aromatic heterocycles. The number of nitrogens with two attached hydrogens (primary N) is 1. The van der Waals surface area contributed by atoms with Crippen LogP contribution in [0, 0.1) is 15.9 Å². The average molecular weight is 965 g/mol. The number of rotatable bonds is 1. The van der Waals surface area contributed by atoms with Crippen LogP contribution in [-0.2, 0) is 9.47 Å². The number of halogens is 3. The van der Waals surface area contributed by atoms with Gasteiger partial charge in [0.2, 0.25) is 0 Å². The van der Waals surface area contributed by atoms with Crippen molar-refractivity contribution in [3.05, 3.63) is 70.9 Å². The van der Waals surface area contributed by atoms with E-state index in [1.165, 1.54) is 0 Å². The Labute approximate surface area is 341 Å². The first-order valence-corrected chi connectivity index (χ1v) is 19.0. The topological polar surface area (TPSA) is 118 Å². The summed E-state index contributed by atoms with van der Waals surface area (Å²) in [5, 5.41) is 0.645. The maximum absolute atomic E-state index is 12.6. The molecule has 2 fully saturated rings. The molecule has 0 saturated carbocycles. The number of anilines is 1. The van der Waals surface area contributed by atoms with Crippen molar-refractivity contribution in [1.29, 1.82) is 0 Å². The number of carbonyl (C=O) groups is 2. The highest BCUT2D eigenvalue weighted by Gasteiger charge is 2.32. The average Bonchev–Trinajstić information content (AvgIpc) is 3.01. The number of pyridine rings is 1. The standard InChI is InChI=1S/C19H23BrN2O3.C12H19NO2.C6H5BrIN.CH4.H2S/c1-19(2,3)25-18(24)22-9-5-4-6-16(22)15-11-17(23)13-8-7-12(20)10-14(13)21-15;1-5-10-8-6-7-9-13(10)11(14)15-12(2,3)4;7-4-1-2-5(8)6(9)3-4;;/h7-8,10-11,16H,4-6,9H2,1-3H3,(H,21,23);1,10H,6-9H2,2-4H3;1-3H,9H2;1H4;1H2/t;10-;;;/m.1.../s1. The van der Waals surface area contributed by atoms with Crippen LogP contribution in [0.2, 0.25) is 0 Å². The first kappa shape index (κ1) is 46.6. The van der Waals surface area contributed by atoms with E-state index in [4.69, 9.17) is 21.6 Å². The van der Waals surface area contributed by atoms with Gasteiger partial charge in [0.05, 0.1) is 17.6 Å². The molecule has 2 aromatic carbocycles. The number of nitrogen functional groups attached to an aromatic ring is 1. The van der Waals surface area contributed by atoms with E-state index in [1.807, 2.05) is 71.9 Å². The molecule has 0 bridgehead atoms. The van der Waals surface area contributed by atoms with Gasteiger partial charge in [-0.1, -0.05) is 45.2 Å². The quantitative estimate of drug-likeness (QED) is 0.143. The molecule has 51 heavy (non-hydrogen) atoms. The first-order valence-electron chi connectivity index (χ1n) is 16.4. The molecule has 1 unspecified atom stereocenters. The van der Waals surface area contributed by atoms with Crippen molar-refractivity contribution >= 4 is 96.7 Å². The summed E-state index contributed by atoms with van der Waals surface area (Å²) in [6, 6.07) is 12.7. The van der Waals surface area contributed by atoms with Crippen molar-refractivity contribution in [2.24, 2.45) is 0 Å². The monoisotopic (exact) mass is 962 g/mol. The summed E-state index contributed by atoms with van der Waals surface area (Å²) in [4.78, 5) is 43.6. The highest BCUT2D eigenvalue weighted by molar-refractivity contribution is 14.1. The number of piperidine rings is 2. The summed E-state index contributed by atoms with van der Waals surface area (Å²) in [7, 11) is 0. The summed E-state index contributed by atoms with van der Waals surface area (Å²) in [6.45, 7) is 12.5. The third-order valence-electron chi connectivity index (χ3n) is 7.58. The van der Waals surface area contributed by atoms with Gasteiger partial charge in [-0.25, -0.2) is 9.59 Å². The van der Waals surface area contributed by atoms with Gasteiger partial charge in [0.15, 0.2) is 5.43 Å². The van der Waals surface area contributed by atoms with Gasteiger partial charge in [0, 0.05) is 48.4 Å². The van der Waals surface area contributed by atoms with Crippen LogP contribution in [0.25, 0.3) is 10.9 Å². The van der Waals surface area contributed by atoms with E-state index in [0.717, 1.165) is 67.9 Å². The summed E-state index contributed by atoms with van der Waals surface area (Å²) >= 11 is 8.95. The molecule has 3 aromatic rings. The lowest BCUT2D eigenvalue weighted by molar-refractivity contribution is 0.00888. The van der Waals surface area contributed by atoms with Crippen molar-refractivity contribution in [2.45, 2.75) is 111 Å². The molecule has 3 heterocycles. The number of nitrogens with zero attached hydrogens (tertiary/aromatic N) is 2. The lowest BCUT2D eigenvalue weighted by Crippen LogP contribution is -2.45. The van der Waals surface area contributed by atoms with Crippen molar-refractivity contribution < 1.29 is 19.1 Å². The predicted molar refractivity (Wildman–Crippen MR) is 230 cm³/mol. The number of terminal acetylenes is 1. The van der Waals surface area contributed by atoms with Crippen LogP contribution >= 0.6 is 67.9 Å². The third-order valence-corrected chi connectivity index (χ3v) is 9.55. The van der Waals surface area contributed by atoms with E-state index in [2.05, 4.69) is 65.4 Å². The van der Waals surface area contributed by atoms with Crippen LogP contribution in [0.5, 0.6) is 0 Å². The zero-order chi connectivity index (χ0) is 36.5. The van der Waals surface area contributed by atoms with E-state index < -0.39 is 11.2 Å². The molecule has 2 aliphatic heterocycles. The number of benzene rings is 2. The first-order chi connectivity index (χ1) is 22.9. The Balaban J connectivity index is 0.000000426. The Morgan fingerprint density at radius 3 is 1.96 bits per heavy atom. The number of aromatic amines is 1. The molecule has 282 valence electrons. The lowest BCUT2D eigenvalue weighted by Gasteiger charge is -2.36. The second-order valence-corrected chi connectivity index (χ2v) is 17.0. The lowest BCUT2D eigenvalue weighted by atomic mass is 9.98. The maximum Gasteiger partial charge on any atom is 0.411 e. The zero-order valence-electron chi connectivity index (χ0n) is 29.6. The zero-order valence-corrected chi connectivity index (χ0v) is 35.9. The smallest absolute Gasteiger partial charge is 0.411 e. The molecule has 5 rings (SSSR count). The number of ether oxygens (including phenoxy) is 2. The van der Waals surface area contributed by atoms with Crippen molar-refractivity contribution in [1.82, 2.24) is 14.8 Å². The maximum atomic E-state index is 12.6. The van der Waals surface area contributed by atoms with Crippen molar-refractivity contribution in [2.75, 3.05) is 18.8 Å². The molecule has 2 atom stereocenters. The Morgan fingerprint density at radius 1 is 0.882 bits per heavy atom. The minimum Gasteiger partial charge on any atom is -0.444 e. The van der Waals surface area contributed by atoms with Gasteiger partial charge in [-0.3, -0.25) is 14.6 Å². The van der Waals surface area contributed by atoms with Crippen LogP contribution in [0.4, 0.5) is 15.3 Å². The number of carbonyl (C=O) groups excluding carboxylic acids is 2. The third kappa shape index (κ3) is 14.9. The Hall–Kier alpha value is -2.41. The molecule has 9 nitrogen and oxygen atoms in total. The number of fused-ring (bicyclic) bond motifs is 1. The second-order valence-electron chi connectivity index (χ2n) is 14.0. The van der Waals surface area contributed by atoms with Gasteiger partial charge in [-0.15, -0.1) is 6.42 Å². The van der Waals surface area contributed by atoms with Crippen LogP contribution in [0.15, 0.2) is 56.2 Å². The van der Waals surface area contributed by atoms with Crippen molar-refractivity contribution in [3.63, 3.8) is 0 Å². The summed E-state index contributed by atoms with van der Waals surface area (Å²) in [6.07, 6.45) is 10.5. The highest BCUT2D eigenvalue weighted by atomic mass is 127. The molecule has 0 aliphatic carbocycles. The molecule has 0 radical (unpaired) electrons. The van der Waals surface area contributed by atoms with Crippen LogP contribution in [0.1, 0.15) is 99.2 Å². The van der Waals surface area contributed by atoms with E-state index in [1.54, 1.807) is 21.9 Å². The largest absolute Gasteiger partial charge is 0.444 e. The fourth-order valence-corrected chi connectivity index (χ4v) is 6.45. The Morgan fingerprint density at radius 2 is 1.41 bits per heavy atom. The van der Waals surface area contributed by atoms with Crippen LogP contribution in [0.3, 0.4) is 0 Å². The molecule has 2 amide bonds. The molecular weight excluding hydrogens is 911 g/mol. The number of nitrogens with one attached hydrogen (secondary N) is 1. The Kier molecular flexibility index (Phi) is 18.9. The second kappa shape index (κ2) is 20.7. The SMILES string of the molecule is C.C#C[C@@H]1CCCCN1C(=O)OC(C)(C)C.CC(C)(C)OC(=O)N1CCCCC1c1cc(=O)c2ccc(Br)cc2[nH]1.Nc1cc(Br)ccc1I.S. The van der Waals surface area contributed by atoms with Gasteiger partial charge in [0.25, 0.3) is 0 Å². The highest BCUT2D eigenvalue weighted by Crippen LogP contribution is 2.32. The normalized spacial score (nSPS) is 17.2. The minimum atomic E-state index is -0.541. The molecule has 3 N–H and O–H groups in total. The fraction of sp³-hybridized carbons (Fsp3) is 0.500. The van der Waals surface area contributed by atoms with E-state index in [-0.39, 0.29) is 50.6 Å². The van der Waals surface area contributed by atoms with Gasteiger partial charge < -0.3 is 20.2 Å². The molecular formula is C38H53Br2IN4O5S. The number of hydrogen-bond acceptors (Lipinski definition) is 6. The van der Waals surface area contributed by atoms with Crippen LogP contribution < -0.4 is 11.2 Å². The number of aromatic nitrogens is 1. The number of likely N-dealkylation sites (tertiary alicyclic amines) is 2. The van der Waals surface area contributed by atoms with Crippen molar-refractivity contribution in [3.8, 4) is 12.3 Å². The number of H-pyrrole nitrogens is 1. The summed E-state index contributed by atoms with van der Waals surface area (Å²) < 4.78 is 13.9. The van der Waals surface area contributed by atoms with Gasteiger partial charge in [0.1, 0.15) is 11.2 Å². The van der Waals surface area contributed by atoms with Gasteiger partial charge >= 0.3 is 12.2 Å². The summed E-state index contributed by atoms with van der Waals surface area (Å²) in [5.41, 5.74) is 6.91. The van der Waals surface area contributed by atoms with Crippen LogP contribution in [-0.4, -0.2) is 57.3 Å². The molecule has 0 spiro atoms. The van der Waals surface area contributed by atoms with E-state index >= 15 is 0 Å². The minimum absolute atomic E-state index is 0. The molecule has 13 heteroatoms.